The summed E-state index contributed by atoms with van der Waals surface area (Å²) >= 11 is 12.4. The summed E-state index contributed by atoms with van der Waals surface area (Å²) in [6.07, 6.45) is 1.09. The lowest BCUT2D eigenvalue weighted by Crippen LogP contribution is -1.92. The Hall–Kier alpha value is -1.19. The fraction of sp³-hybridized carbons (Fsp3) is 0.308. The molecule has 5 heteroatoms. The van der Waals surface area contributed by atoms with Gasteiger partial charge in [-0.3, -0.25) is 0 Å². The first-order valence-corrected chi connectivity index (χ1v) is 6.54. The van der Waals surface area contributed by atoms with Crippen LogP contribution in [0.5, 0.6) is 0 Å². The monoisotopic (exact) mass is 282 g/mol. The summed E-state index contributed by atoms with van der Waals surface area (Å²) in [7, 11) is 0. The Balaban J connectivity index is 2.20. The highest BCUT2D eigenvalue weighted by Gasteiger charge is 2.40. The molecule has 94 valence electrons. The predicted molar refractivity (Wildman–Crippen MR) is 72.9 cm³/mol. The lowest BCUT2D eigenvalue weighted by molar-refractivity contribution is 0.384. The SMILES string of the molecule is CC1CC1c1onc(N)c1-c1c(Cl)cccc1Cl. The smallest absolute Gasteiger partial charge is 0.175 e. The maximum absolute atomic E-state index is 6.22. The van der Waals surface area contributed by atoms with E-state index in [-0.39, 0.29) is 0 Å². The van der Waals surface area contributed by atoms with Gasteiger partial charge in [0.15, 0.2) is 5.82 Å². The Kier molecular flexibility index (Phi) is 2.76. The zero-order valence-electron chi connectivity index (χ0n) is 9.78. The lowest BCUT2D eigenvalue weighted by atomic mass is 10.0. The summed E-state index contributed by atoms with van der Waals surface area (Å²) in [5.41, 5.74) is 7.37. The largest absolute Gasteiger partial charge is 0.380 e. The van der Waals surface area contributed by atoms with Crippen molar-refractivity contribution < 1.29 is 4.52 Å². The molecule has 0 amide bonds. The molecule has 1 fully saturated rings. The molecular formula is C13H12Cl2N2O. The molecule has 2 unspecified atom stereocenters. The maximum Gasteiger partial charge on any atom is 0.175 e. The molecule has 2 atom stereocenters. The average Bonchev–Trinajstić information content (AvgIpc) is 2.92. The summed E-state index contributed by atoms with van der Waals surface area (Å²) in [5.74, 6) is 2.11. The molecule has 0 aliphatic heterocycles. The quantitative estimate of drug-likeness (QED) is 0.891. The molecule has 3 rings (SSSR count). The van der Waals surface area contributed by atoms with Crippen LogP contribution in [-0.2, 0) is 0 Å². The van der Waals surface area contributed by atoms with E-state index >= 15 is 0 Å². The summed E-state index contributed by atoms with van der Waals surface area (Å²) in [4.78, 5) is 0. The highest BCUT2D eigenvalue weighted by atomic mass is 35.5. The van der Waals surface area contributed by atoms with Crippen LogP contribution in [0.2, 0.25) is 10.0 Å². The number of anilines is 1. The van der Waals surface area contributed by atoms with Crippen molar-refractivity contribution in [3.05, 3.63) is 34.0 Å². The molecule has 1 aliphatic carbocycles. The Labute approximate surface area is 115 Å². The minimum Gasteiger partial charge on any atom is -0.380 e. The van der Waals surface area contributed by atoms with Crippen LogP contribution in [0.15, 0.2) is 22.7 Å². The van der Waals surface area contributed by atoms with Gasteiger partial charge in [0.25, 0.3) is 0 Å². The van der Waals surface area contributed by atoms with E-state index in [1.54, 1.807) is 18.2 Å². The molecule has 0 spiro atoms. The van der Waals surface area contributed by atoms with E-state index in [0.717, 1.165) is 17.7 Å². The first-order valence-electron chi connectivity index (χ1n) is 5.79. The Bertz CT molecular complexity index is 589. The number of hydrogen-bond acceptors (Lipinski definition) is 3. The van der Waals surface area contributed by atoms with Gasteiger partial charge >= 0.3 is 0 Å². The fourth-order valence-electron chi connectivity index (χ4n) is 2.24. The van der Waals surface area contributed by atoms with Crippen LogP contribution in [0.25, 0.3) is 11.1 Å². The van der Waals surface area contributed by atoms with Gasteiger partial charge in [0.05, 0.1) is 15.6 Å². The van der Waals surface area contributed by atoms with Crippen molar-refractivity contribution in [1.29, 1.82) is 0 Å². The molecule has 2 N–H and O–H groups in total. The van der Waals surface area contributed by atoms with Crippen molar-refractivity contribution in [2.24, 2.45) is 5.92 Å². The molecule has 18 heavy (non-hydrogen) atoms. The molecule has 1 aromatic carbocycles. The topological polar surface area (TPSA) is 52.0 Å². The zero-order chi connectivity index (χ0) is 12.9. The molecular weight excluding hydrogens is 271 g/mol. The Morgan fingerprint density at radius 3 is 2.44 bits per heavy atom. The number of hydrogen-bond donors (Lipinski definition) is 1. The Morgan fingerprint density at radius 2 is 1.89 bits per heavy atom. The van der Waals surface area contributed by atoms with Crippen LogP contribution >= 0.6 is 23.2 Å². The molecule has 0 bridgehead atoms. The van der Waals surface area contributed by atoms with Gasteiger partial charge in [-0.1, -0.05) is 41.3 Å². The van der Waals surface area contributed by atoms with E-state index in [1.807, 2.05) is 0 Å². The summed E-state index contributed by atoms with van der Waals surface area (Å²) < 4.78 is 5.36. The van der Waals surface area contributed by atoms with Crippen LogP contribution in [-0.4, -0.2) is 5.16 Å². The summed E-state index contributed by atoms with van der Waals surface area (Å²) in [6.45, 7) is 2.17. The number of rotatable bonds is 2. The van der Waals surface area contributed by atoms with E-state index < -0.39 is 0 Å². The second-order valence-electron chi connectivity index (χ2n) is 4.72. The molecule has 0 radical (unpaired) electrons. The third kappa shape index (κ3) is 1.78. The normalized spacial score (nSPS) is 22.2. The standard InChI is InChI=1S/C13H12Cl2N2O/c1-6-5-7(6)12-11(13(16)17-18-12)10-8(14)3-2-4-9(10)15/h2-4,6-7H,5H2,1H3,(H2,16,17). The molecule has 1 aliphatic rings. The van der Waals surface area contributed by atoms with E-state index in [9.17, 15) is 0 Å². The van der Waals surface area contributed by atoms with Crippen LogP contribution in [0.3, 0.4) is 0 Å². The number of benzene rings is 1. The van der Waals surface area contributed by atoms with Crippen molar-refractivity contribution in [2.45, 2.75) is 19.3 Å². The van der Waals surface area contributed by atoms with Gasteiger partial charge < -0.3 is 10.3 Å². The highest BCUT2D eigenvalue weighted by molar-refractivity contribution is 6.39. The van der Waals surface area contributed by atoms with Crippen molar-refractivity contribution in [3.63, 3.8) is 0 Å². The molecule has 1 heterocycles. The van der Waals surface area contributed by atoms with E-state index in [0.29, 0.717) is 33.3 Å². The lowest BCUT2D eigenvalue weighted by Gasteiger charge is -2.06. The van der Waals surface area contributed by atoms with Gasteiger partial charge in [-0.25, -0.2) is 0 Å². The van der Waals surface area contributed by atoms with Crippen molar-refractivity contribution in [2.75, 3.05) is 5.73 Å². The second-order valence-corrected chi connectivity index (χ2v) is 5.54. The highest BCUT2D eigenvalue weighted by Crippen LogP contribution is 2.52. The number of halogens is 2. The van der Waals surface area contributed by atoms with Crippen LogP contribution < -0.4 is 5.73 Å². The van der Waals surface area contributed by atoms with Gasteiger partial charge in [-0.15, -0.1) is 0 Å². The number of nitrogen functional groups attached to an aromatic ring is 1. The molecule has 1 aromatic heterocycles. The van der Waals surface area contributed by atoms with Crippen LogP contribution in [0, 0.1) is 5.92 Å². The van der Waals surface area contributed by atoms with Gasteiger partial charge in [0.1, 0.15) is 5.76 Å². The fourth-order valence-corrected chi connectivity index (χ4v) is 2.83. The maximum atomic E-state index is 6.22. The zero-order valence-corrected chi connectivity index (χ0v) is 11.3. The van der Waals surface area contributed by atoms with Crippen LogP contribution in [0.1, 0.15) is 25.0 Å². The first kappa shape index (κ1) is 11.9. The van der Waals surface area contributed by atoms with Crippen molar-refractivity contribution >= 4 is 29.0 Å². The third-order valence-electron chi connectivity index (χ3n) is 3.40. The first-order chi connectivity index (χ1) is 8.59. The van der Waals surface area contributed by atoms with E-state index in [2.05, 4.69) is 12.1 Å². The van der Waals surface area contributed by atoms with Gasteiger partial charge in [-0.2, -0.15) is 0 Å². The number of nitrogens with two attached hydrogens (primary N) is 1. The molecule has 0 saturated heterocycles. The minimum atomic E-state index is 0.346. The van der Waals surface area contributed by atoms with E-state index in [4.69, 9.17) is 33.5 Å². The number of aromatic nitrogens is 1. The number of nitrogens with zero attached hydrogens (tertiary/aromatic N) is 1. The molecule has 1 saturated carbocycles. The van der Waals surface area contributed by atoms with E-state index in [1.165, 1.54) is 0 Å². The second kappa shape index (κ2) is 4.18. The summed E-state index contributed by atoms with van der Waals surface area (Å²) in [6, 6.07) is 5.38. The minimum absolute atomic E-state index is 0.346. The molecule has 3 nitrogen and oxygen atoms in total. The van der Waals surface area contributed by atoms with Gasteiger partial charge in [0, 0.05) is 11.5 Å². The summed E-state index contributed by atoms with van der Waals surface area (Å²) in [5, 5.41) is 4.98. The third-order valence-corrected chi connectivity index (χ3v) is 4.03. The van der Waals surface area contributed by atoms with Crippen molar-refractivity contribution in [1.82, 2.24) is 5.16 Å². The van der Waals surface area contributed by atoms with Crippen molar-refractivity contribution in [3.8, 4) is 11.1 Å². The Morgan fingerprint density at radius 1 is 1.28 bits per heavy atom. The average molecular weight is 283 g/mol. The van der Waals surface area contributed by atoms with Crippen LogP contribution in [0.4, 0.5) is 5.82 Å². The van der Waals surface area contributed by atoms with Gasteiger partial charge in [-0.05, 0) is 24.5 Å². The predicted octanol–water partition coefficient (Wildman–Crippen LogP) is 4.35. The molecule has 2 aromatic rings. The van der Waals surface area contributed by atoms with Gasteiger partial charge in [0.2, 0.25) is 0 Å².